The molecule has 8 heteroatoms. The molecule has 2 heterocycles. The molecule has 2 aromatic rings. The van der Waals surface area contributed by atoms with Gasteiger partial charge in [-0.2, -0.15) is 0 Å². The Hall–Kier alpha value is -2.61. The molecule has 26 heavy (non-hydrogen) atoms. The summed E-state index contributed by atoms with van der Waals surface area (Å²) in [7, 11) is 0. The number of hydrogen-bond acceptors (Lipinski definition) is 4. The molecule has 0 spiro atoms. The van der Waals surface area contributed by atoms with Crippen molar-refractivity contribution >= 4 is 5.91 Å². The second-order valence-electron chi connectivity index (χ2n) is 5.85. The van der Waals surface area contributed by atoms with Gasteiger partial charge in [-0.3, -0.25) is 9.78 Å². The van der Waals surface area contributed by atoms with Crippen LogP contribution in [0, 0.1) is 0 Å². The minimum atomic E-state index is -4.75. The smallest absolute Gasteiger partial charge is 0.406 e. The van der Waals surface area contributed by atoms with Crippen LogP contribution in [0.15, 0.2) is 42.6 Å². The second-order valence-corrected chi connectivity index (χ2v) is 5.85. The molecule has 0 aliphatic carbocycles. The van der Waals surface area contributed by atoms with Crippen molar-refractivity contribution < 1.29 is 27.4 Å². The monoisotopic (exact) mass is 366 g/mol. The van der Waals surface area contributed by atoms with Crippen LogP contribution in [0.5, 0.6) is 5.75 Å². The lowest BCUT2D eigenvalue weighted by Gasteiger charge is -2.11. The van der Waals surface area contributed by atoms with E-state index in [0.717, 1.165) is 12.8 Å². The number of carbonyl (C=O) groups is 1. The lowest BCUT2D eigenvalue weighted by Crippen LogP contribution is -2.31. The third-order valence-corrected chi connectivity index (χ3v) is 3.90. The van der Waals surface area contributed by atoms with Crippen molar-refractivity contribution in [2.45, 2.75) is 25.3 Å². The fraction of sp³-hybridized carbons (Fsp3) is 0.333. The van der Waals surface area contributed by atoms with Gasteiger partial charge in [-0.05, 0) is 37.1 Å². The Balaban J connectivity index is 1.65. The lowest BCUT2D eigenvalue weighted by molar-refractivity contribution is -0.274. The molecule has 1 atom stereocenters. The van der Waals surface area contributed by atoms with Gasteiger partial charge in [0.1, 0.15) is 5.75 Å². The third kappa shape index (κ3) is 4.95. The van der Waals surface area contributed by atoms with Crippen LogP contribution >= 0.6 is 0 Å². The minimum absolute atomic E-state index is 0.0440. The van der Waals surface area contributed by atoms with E-state index in [1.807, 2.05) is 0 Å². The van der Waals surface area contributed by atoms with Crippen molar-refractivity contribution in [1.29, 1.82) is 0 Å². The molecule has 3 rings (SSSR count). The van der Waals surface area contributed by atoms with Gasteiger partial charge in [0.2, 0.25) is 0 Å². The Morgan fingerprint density at radius 2 is 2.15 bits per heavy atom. The maximum Gasteiger partial charge on any atom is 0.573 e. The number of ether oxygens (including phenoxy) is 2. The minimum Gasteiger partial charge on any atom is -0.406 e. The van der Waals surface area contributed by atoms with Gasteiger partial charge in [-0.25, -0.2) is 0 Å². The van der Waals surface area contributed by atoms with Crippen LogP contribution in [0.3, 0.4) is 0 Å². The molecule has 1 aliphatic heterocycles. The van der Waals surface area contributed by atoms with Gasteiger partial charge < -0.3 is 14.8 Å². The molecule has 0 saturated carbocycles. The van der Waals surface area contributed by atoms with Gasteiger partial charge in [0.15, 0.2) is 0 Å². The number of carbonyl (C=O) groups excluding carboxylic acids is 1. The molecule has 0 bridgehead atoms. The predicted molar refractivity (Wildman–Crippen MR) is 87.7 cm³/mol. The van der Waals surface area contributed by atoms with E-state index in [0.29, 0.717) is 30.0 Å². The number of amides is 1. The predicted octanol–water partition coefficient (Wildman–Crippen LogP) is 3.56. The van der Waals surface area contributed by atoms with Gasteiger partial charge in [0, 0.05) is 24.9 Å². The van der Waals surface area contributed by atoms with Crippen molar-refractivity contribution in [2.24, 2.45) is 0 Å². The molecule has 1 unspecified atom stereocenters. The van der Waals surface area contributed by atoms with E-state index in [1.54, 1.807) is 18.2 Å². The highest BCUT2D eigenvalue weighted by Gasteiger charge is 2.31. The highest BCUT2D eigenvalue weighted by atomic mass is 19.4. The molecular formula is C18H17F3N2O3. The van der Waals surface area contributed by atoms with E-state index >= 15 is 0 Å². The Bertz CT molecular complexity index is 757. The van der Waals surface area contributed by atoms with Crippen LogP contribution in [0.1, 0.15) is 23.2 Å². The number of hydrogen-bond donors (Lipinski definition) is 1. The number of pyridine rings is 1. The number of rotatable bonds is 5. The zero-order valence-corrected chi connectivity index (χ0v) is 13.8. The third-order valence-electron chi connectivity index (χ3n) is 3.90. The van der Waals surface area contributed by atoms with Crippen molar-refractivity contribution in [3.05, 3.63) is 48.2 Å². The van der Waals surface area contributed by atoms with Crippen LogP contribution in [0.4, 0.5) is 13.2 Å². The normalized spacial score (nSPS) is 17.1. The Kier molecular flexibility index (Phi) is 5.41. The maximum absolute atomic E-state index is 12.3. The summed E-state index contributed by atoms with van der Waals surface area (Å²) in [4.78, 5) is 16.3. The zero-order chi connectivity index (χ0) is 18.6. The summed E-state index contributed by atoms with van der Waals surface area (Å²) >= 11 is 0. The molecular weight excluding hydrogens is 349 g/mol. The molecule has 0 radical (unpaired) electrons. The van der Waals surface area contributed by atoms with Gasteiger partial charge in [-0.15, -0.1) is 13.2 Å². The molecule has 1 amide bonds. The first-order chi connectivity index (χ1) is 12.4. The molecule has 1 fully saturated rings. The molecule has 1 aromatic heterocycles. The molecule has 1 aromatic carbocycles. The SMILES string of the molecule is O=C(NCC1CCCO1)c1ccc(-c2cccc(OC(F)(F)F)c2)nc1. The summed E-state index contributed by atoms with van der Waals surface area (Å²) < 4.78 is 46.3. The van der Waals surface area contributed by atoms with E-state index < -0.39 is 6.36 Å². The zero-order valence-electron chi connectivity index (χ0n) is 13.8. The van der Waals surface area contributed by atoms with E-state index in [2.05, 4.69) is 15.0 Å². The van der Waals surface area contributed by atoms with Crippen LogP contribution in [-0.4, -0.2) is 36.5 Å². The van der Waals surface area contributed by atoms with Crippen molar-refractivity contribution in [3.63, 3.8) is 0 Å². The number of nitrogens with zero attached hydrogens (tertiary/aromatic N) is 1. The Labute approximate surface area is 148 Å². The number of alkyl halides is 3. The topological polar surface area (TPSA) is 60.5 Å². The summed E-state index contributed by atoms with van der Waals surface area (Å²) in [6, 6.07) is 8.66. The summed E-state index contributed by atoms with van der Waals surface area (Å²) in [6.07, 6.45) is -1.40. The summed E-state index contributed by atoms with van der Waals surface area (Å²) in [5.74, 6) is -0.594. The van der Waals surface area contributed by atoms with Crippen LogP contribution in [0.25, 0.3) is 11.3 Å². The number of halogens is 3. The fourth-order valence-corrected chi connectivity index (χ4v) is 2.67. The standard InChI is InChI=1S/C18H17F3N2O3/c19-18(20,21)26-14-4-1-3-12(9-14)16-7-6-13(10-22-16)17(24)23-11-15-5-2-8-25-15/h1,3-4,6-7,9-10,15H,2,5,8,11H2,(H,23,24). The number of aromatic nitrogens is 1. The average molecular weight is 366 g/mol. The van der Waals surface area contributed by atoms with Gasteiger partial charge in [-0.1, -0.05) is 12.1 Å². The van der Waals surface area contributed by atoms with Gasteiger partial charge in [0.25, 0.3) is 5.91 Å². The van der Waals surface area contributed by atoms with Gasteiger partial charge >= 0.3 is 6.36 Å². The summed E-state index contributed by atoms with van der Waals surface area (Å²) in [5.41, 5.74) is 1.26. The number of benzene rings is 1. The summed E-state index contributed by atoms with van der Waals surface area (Å²) in [5, 5.41) is 2.79. The molecule has 1 aliphatic rings. The van der Waals surface area contributed by atoms with Crippen LogP contribution in [0.2, 0.25) is 0 Å². The van der Waals surface area contributed by atoms with E-state index in [9.17, 15) is 18.0 Å². The molecule has 138 valence electrons. The number of nitrogens with one attached hydrogen (secondary N) is 1. The molecule has 1 N–H and O–H groups in total. The first-order valence-corrected chi connectivity index (χ1v) is 8.13. The second kappa shape index (κ2) is 7.74. The first-order valence-electron chi connectivity index (χ1n) is 8.13. The van der Waals surface area contributed by atoms with Crippen molar-refractivity contribution in [1.82, 2.24) is 10.3 Å². The van der Waals surface area contributed by atoms with E-state index in [-0.39, 0.29) is 17.8 Å². The molecule has 5 nitrogen and oxygen atoms in total. The van der Waals surface area contributed by atoms with E-state index in [1.165, 1.54) is 24.4 Å². The lowest BCUT2D eigenvalue weighted by atomic mass is 10.1. The van der Waals surface area contributed by atoms with E-state index in [4.69, 9.17) is 4.74 Å². The maximum atomic E-state index is 12.3. The van der Waals surface area contributed by atoms with Crippen LogP contribution < -0.4 is 10.1 Å². The Morgan fingerprint density at radius 3 is 2.81 bits per heavy atom. The molecule has 1 saturated heterocycles. The average Bonchev–Trinajstić information content (AvgIpc) is 3.12. The van der Waals surface area contributed by atoms with Gasteiger partial charge in [0.05, 0.1) is 17.4 Å². The van der Waals surface area contributed by atoms with Crippen molar-refractivity contribution in [3.8, 4) is 17.0 Å². The Morgan fingerprint density at radius 1 is 1.31 bits per heavy atom. The fourth-order valence-electron chi connectivity index (χ4n) is 2.67. The van der Waals surface area contributed by atoms with Crippen LogP contribution in [-0.2, 0) is 4.74 Å². The summed E-state index contributed by atoms with van der Waals surface area (Å²) in [6.45, 7) is 1.16. The quantitative estimate of drug-likeness (QED) is 0.879. The highest BCUT2D eigenvalue weighted by molar-refractivity contribution is 5.94. The highest BCUT2D eigenvalue weighted by Crippen LogP contribution is 2.27. The first kappa shape index (κ1) is 18.2. The largest absolute Gasteiger partial charge is 0.573 e. The van der Waals surface area contributed by atoms with Crippen molar-refractivity contribution in [2.75, 3.05) is 13.2 Å².